The topological polar surface area (TPSA) is 81.2 Å². The number of aryl methyl sites for hydroxylation is 3. The van der Waals surface area contributed by atoms with Crippen molar-refractivity contribution in [3.05, 3.63) is 46.3 Å². The Morgan fingerprint density at radius 1 is 1.37 bits per heavy atom. The van der Waals surface area contributed by atoms with Crippen molar-refractivity contribution in [2.45, 2.75) is 27.3 Å². The lowest BCUT2D eigenvalue weighted by Crippen LogP contribution is -2.24. The van der Waals surface area contributed by atoms with E-state index in [0.717, 1.165) is 22.6 Å². The van der Waals surface area contributed by atoms with Crippen LogP contribution in [0.2, 0.25) is 0 Å². The minimum Gasteiger partial charge on any atom is -0.398 e. The van der Waals surface area contributed by atoms with Crippen LogP contribution in [0.4, 0.5) is 5.69 Å². The van der Waals surface area contributed by atoms with Crippen LogP contribution in [0.1, 0.15) is 32.9 Å². The van der Waals surface area contributed by atoms with Gasteiger partial charge in [-0.25, -0.2) is 0 Å². The predicted octanol–water partition coefficient (Wildman–Crippen LogP) is 2.11. The van der Waals surface area contributed by atoms with Crippen molar-refractivity contribution < 1.29 is 9.32 Å². The van der Waals surface area contributed by atoms with Gasteiger partial charge < -0.3 is 15.6 Å². The Balaban J connectivity index is 2.12. The van der Waals surface area contributed by atoms with Gasteiger partial charge in [0.2, 0.25) is 0 Å². The van der Waals surface area contributed by atoms with E-state index in [2.05, 4.69) is 10.5 Å². The van der Waals surface area contributed by atoms with Crippen LogP contribution in [-0.2, 0) is 6.54 Å². The fourth-order valence-corrected chi connectivity index (χ4v) is 1.90. The van der Waals surface area contributed by atoms with Crippen molar-refractivity contribution in [1.82, 2.24) is 10.5 Å². The highest BCUT2D eigenvalue weighted by Crippen LogP contribution is 2.17. The molecule has 1 amide bonds. The summed E-state index contributed by atoms with van der Waals surface area (Å²) < 4.78 is 5.05. The van der Waals surface area contributed by atoms with Gasteiger partial charge in [-0.05, 0) is 32.4 Å². The van der Waals surface area contributed by atoms with Crippen molar-refractivity contribution in [2.24, 2.45) is 0 Å². The molecule has 0 fully saturated rings. The van der Waals surface area contributed by atoms with Crippen molar-refractivity contribution in [3.63, 3.8) is 0 Å². The fraction of sp³-hybridized carbons (Fsp3) is 0.286. The van der Waals surface area contributed by atoms with E-state index < -0.39 is 0 Å². The first kappa shape index (κ1) is 13.1. The van der Waals surface area contributed by atoms with Crippen molar-refractivity contribution in [1.29, 1.82) is 0 Å². The van der Waals surface area contributed by atoms with Gasteiger partial charge in [-0.15, -0.1) is 0 Å². The molecule has 0 bridgehead atoms. The summed E-state index contributed by atoms with van der Waals surface area (Å²) in [6, 6.07) is 5.40. The summed E-state index contributed by atoms with van der Waals surface area (Å²) in [5.74, 6) is 0.524. The highest BCUT2D eigenvalue weighted by molar-refractivity contribution is 5.99. The molecule has 0 aliphatic heterocycles. The molecule has 5 nitrogen and oxygen atoms in total. The van der Waals surface area contributed by atoms with Gasteiger partial charge in [0.05, 0.1) is 11.3 Å². The van der Waals surface area contributed by atoms with E-state index in [9.17, 15) is 4.79 Å². The number of carbonyl (C=O) groups excluding carboxylic acids is 1. The third kappa shape index (κ3) is 2.59. The third-order valence-electron chi connectivity index (χ3n) is 3.18. The number of amides is 1. The second kappa shape index (κ2) is 5.14. The molecule has 0 aliphatic carbocycles. The number of hydrogen-bond acceptors (Lipinski definition) is 4. The summed E-state index contributed by atoms with van der Waals surface area (Å²) in [6.07, 6.45) is 0. The Morgan fingerprint density at radius 2 is 2.11 bits per heavy atom. The van der Waals surface area contributed by atoms with Crippen LogP contribution in [0.5, 0.6) is 0 Å². The molecule has 19 heavy (non-hydrogen) atoms. The summed E-state index contributed by atoms with van der Waals surface area (Å²) in [6.45, 7) is 5.93. The van der Waals surface area contributed by atoms with E-state index in [1.807, 2.05) is 32.9 Å². The molecule has 0 spiro atoms. The lowest BCUT2D eigenvalue weighted by atomic mass is 10.1. The van der Waals surface area contributed by atoms with E-state index in [4.69, 9.17) is 10.3 Å². The standard InChI is InChI=1S/C14H17N3O2/c1-8-5-4-6-11(13(8)15)14(18)16-7-12-9(2)17-19-10(12)3/h4-6H,7,15H2,1-3H3,(H,16,18). The molecule has 2 rings (SSSR count). The molecular formula is C14H17N3O2. The van der Waals surface area contributed by atoms with Crippen LogP contribution in [0.3, 0.4) is 0 Å². The lowest BCUT2D eigenvalue weighted by Gasteiger charge is -2.09. The van der Waals surface area contributed by atoms with E-state index in [-0.39, 0.29) is 5.91 Å². The Labute approximate surface area is 111 Å². The molecule has 0 radical (unpaired) electrons. The van der Waals surface area contributed by atoms with Crippen molar-refractivity contribution >= 4 is 11.6 Å². The molecule has 0 atom stereocenters. The molecule has 0 unspecified atom stereocenters. The molecule has 1 heterocycles. The Hall–Kier alpha value is -2.30. The van der Waals surface area contributed by atoms with Gasteiger partial charge in [-0.1, -0.05) is 17.3 Å². The zero-order valence-electron chi connectivity index (χ0n) is 11.3. The first-order valence-electron chi connectivity index (χ1n) is 6.05. The minimum atomic E-state index is -0.193. The number of nitrogens with one attached hydrogen (secondary N) is 1. The number of carbonyl (C=O) groups is 1. The van der Waals surface area contributed by atoms with Gasteiger partial charge in [-0.3, -0.25) is 4.79 Å². The second-order valence-electron chi connectivity index (χ2n) is 4.52. The molecule has 2 aromatic rings. The normalized spacial score (nSPS) is 10.5. The monoisotopic (exact) mass is 259 g/mol. The Morgan fingerprint density at radius 3 is 2.74 bits per heavy atom. The third-order valence-corrected chi connectivity index (χ3v) is 3.18. The molecular weight excluding hydrogens is 242 g/mol. The summed E-state index contributed by atoms with van der Waals surface area (Å²) in [7, 11) is 0. The summed E-state index contributed by atoms with van der Waals surface area (Å²) in [4.78, 5) is 12.1. The number of nitrogens with two attached hydrogens (primary N) is 1. The molecule has 0 aliphatic rings. The van der Waals surface area contributed by atoms with Crippen LogP contribution in [0.15, 0.2) is 22.7 Å². The van der Waals surface area contributed by atoms with Crippen LogP contribution in [0, 0.1) is 20.8 Å². The first-order chi connectivity index (χ1) is 9.00. The number of nitrogens with zero attached hydrogens (tertiary/aromatic N) is 1. The first-order valence-corrected chi connectivity index (χ1v) is 6.05. The molecule has 0 saturated carbocycles. The highest BCUT2D eigenvalue weighted by atomic mass is 16.5. The maximum absolute atomic E-state index is 12.1. The van der Waals surface area contributed by atoms with E-state index in [0.29, 0.717) is 17.8 Å². The van der Waals surface area contributed by atoms with Crippen LogP contribution in [-0.4, -0.2) is 11.1 Å². The number of aromatic nitrogens is 1. The highest BCUT2D eigenvalue weighted by Gasteiger charge is 2.13. The molecule has 5 heteroatoms. The Bertz CT molecular complexity index is 598. The smallest absolute Gasteiger partial charge is 0.253 e. The number of hydrogen-bond donors (Lipinski definition) is 2. The van der Waals surface area contributed by atoms with E-state index >= 15 is 0 Å². The summed E-state index contributed by atoms with van der Waals surface area (Å²) in [5, 5.41) is 6.68. The van der Waals surface area contributed by atoms with E-state index in [1.165, 1.54) is 0 Å². The minimum absolute atomic E-state index is 0.193. The zero-order chi connectivity index (χ0) is 14.0. The predicted molar refractivity (Wildman–Crippen MR) is 72.7 cm³/mol. The average molecular weight is 259 g/mol. The van der Waals surface area contributed by atoms with Gasteiger partial charge in [0.25, 0.3) is 5.91 Å². The molecule has 1 aromatic carbocycles. The maximum atomic E-state index is 12.1. The molecule has 100 valence electrons. The van der Waals surface area contributed by atoms with Crippen LogP contribution >= 0.6 is 0 Å². The van der Waals surface area contributed by atoms with Gasteiger partial charge in [-0.2, -0.15) is 0 Å². The number of benzene rings is 1. The largest absolute Gasteiger partial charge is 0.398 e. The second-order valence-corrected chi connectivity index (χ2v) is 4.52. The number of rotatable bonds is 3. The number of nitrogen functional groups attached to an aromatic ring is 1. The van der Waals surface area contributed by atoms with Crippen molar-refractivity contribution in [3.8, 4) is 0 Å². The fourth-order valence-electron chi connectivity index (χ4n) is 1.90. The number of anilines is 1. The van der Waals surface area contributed by atoms with Crippen molar-refractivity contribution in [2.75, 3.05) is 5.73 Å². The average Bonchev–Trinajstić information content (AvgIpc) is 2.70. The maximum Gasteiger partial charge on any atom is 0.253 e. The summed E-state index contributed by atoms with van der Waals surface area (Å²) in [5.41, 5.74) is 9.49. The molecule has 3 N–H and O–H groups in total. The van der Waals surface area contributed by atoms with E-state index in [1.54, 1.807) is 6.07 Å². The van der Waals surface area contributed by atoms with Crippen LogP contribution in [0.25, 0.3) is 0 Å². The zero-order valence-corrected chi connectivity index (χ0v) is 11.3. The van der Waals surface area contributed by atoms with Crippen LogP contribution < -0.4 is 11.1 Å². The van der Waals surface area contributed by atoms with Gasteiger partial charge >= 0.3 is 0 Å². The SMILES string of the molecule is Cc1cccc(C(=O)NCc2c(C)noc2C)c1N. The summed E-state index contributed by atoms with van der Waals surface area (Å²) >= 11 is 0. The quantitative estimate of drug-likeness (QED) is 0.827. The lowest BCUT2D eigenvalue weighted by molar-refractivity contribution is 0.0951. The number of para-hydroxylation sites is 1. The molecule has 0 saturated heterocycles. The molecule has 1 aromatic heterocycles. The van der Waals surface area contributed by atoms with Gasteiger partial charge in [0.1, 0.15) is 5.76 Å². The van der Waals surface area contributed by atoms with Gasteiger partial charge in [0, 0.05) is 17.8 Å². The van der Waals surface area contributed by atoms with Gasteiger partial charge in [0.15, 0.2) is 0 Å². The Kier molecular flexibility index (Phi) is 3.55.